The first-order valence-corrected chi connectivity index (χ1v) is 10.4. The summed E-state index contributed by atoms with van der Waals surface area (Å²) in [6.45, 7) is 4.67. The van der Waals surface area contributed by atoms with Crippen LogP contribution in [0.5, 0.6) is 0 Å². The van der Waals surface area contributed by atoms with E-state index in [0.717, 1.165) is 33.3 Å². The van der Waals surface area contributed by atoms with Gasteiger partial charge in [0.25, 0.3) is 5.56 Å². The van der Waals surface area contributed by atoms with Crippen LogP contribution < -0.4 is 5.56 Å². The molecule has 4 aromatic rings. The molecule has 1 atom stereocenters. The number of aliphatic hydroxyl groups excluding tert-OH is 1. The Bertz CT molecular complexity index is 1250. The summed E-state index contributed by atoms with van der Waals surface area (Å²) in [7, 11) is 0. The Labute approximate surface area is 181 Å². The average molecular weight is 415 g/mol. The summed E-state index contributed by atoms with van der Waals surface area (Å²) in [6.07, 6.45) is -0.846. The number of aromatic nitrogens is 2. The first-order valence-electron chi connectivity index (χ1n) is 10.4. The van der Waals surface area contributed by atoms with E-state index in [4.69, 9.17) is 4.74 Å². The van der Waals surface area contributed by atoms with Crippen LogP contribution in [0.25, 0.3) is 22.0 Å². The van der Waals surface area contributed by atoms with Gasteiger partial charge in [-0.1, -0.05) is 66.2 Å². The summed E-state index contributed by atoms with van der Waals surface area (Å²) in [5.74, 6) is 0. The van der Waals surface area contributed by atoms with E-state index in [1.54, 1.807) is 0 Å². The number of fused-ring (bicyclic) bond motifs is 1. The molecule has 5 heteroatoms. The van der Waals surface area contributed by atoms with Crippen LogP contribution in [0.1, 0.15) is 16.7 Å². The number of hydrogen-bond donors (Lipinski definition) is 1. The van der Waals surface area contributed by atoms with Crippen LogP contribution in [0, 0.1) is 13.8 Å². The number of rotatable bonds is 7. The molecule has 0 spiro atoms. The Balaban J connectivity index is 1.63. The Morgan fingerprint density at radius 1 is 0.968 bits per heavy atom. The highest BCUT2D eigenvalue weighted by Crippen LogP contribution is 2.28. The number of ether oxygens (including phenoxy) is 1. The Morgan fingerprint density at radius 2 is 1.68 bits per heavy atom. The summed E-state index contributed by atoms with van der Waals surface area (Å²) < 4.78 is 6.99. The van der Waals surface area contributed by atoms with Gasteiger partial charge in [-0.25, -0.2) is 4.68 Å². The molecule has 4 rings (SSSR count). The number of benzene rings is 3. The summed E-state index contributed by atoms with van der Waals surface area (Å²) in [5.41, 5.74) is 4.76. The molecule has 1 N–H and O–H groups in total. The van der Waals surface area contributed by atoms with Gasteiger partial charge in [-0.15, -0.1) is 0 Å². The highest BCUT2D eigenvalue weighted by atomic mass is 16.5. The minimum absolute atomic E-state index is 0.0658. The van der Waals surface area contributed by atoms with Gasteiger partial charge in [-0.2, -0.15) is 5.10 Å². The lowest BCUT2D eigenvalue weighted by atomic mass is 9.99. The predicted molar refractivity (Wildman–Crippen MR) is 123 cm³/mol. The molecule has 1 heterocycles. The van der Waals surface area contributed by atoms with Crippen molar-refractivity contribution in [3.05, 3.63) is 99.8 Å². The summed E-state index contributed by atoms with van der Waals surface area (Å²) in [4.78, 5) is 13.0. The van der Waals surface area contributed by atoms with Crippen molar-refractivity contribution in [3.63, 3.8) is 0 Å². The van der Waals surface area contributed by atoms with Crippen molar-refractivity contribution in [2.45, 2.75) is 33.1 Å². The minimum Gasteiger partial charge on any atom is -0.389 e. The standard InChI is InChI=1S/C26H26N2O3/c1-18-12-13-19(2)24(14-18)25-22-10-6-7-11-23(22)26(30)28(27-25)15-21(29)17-31-16-20-8-4-3-5-9-20/h3-14,21,29H,15-17H2,1-2H3/t21-/m0/s1. The lowest BCUT2D eigenvalue weighted by Gasteiger charge is -2.16. The van der Waals surface area contributed by atoms with E-state index >= 15 is 0 Å². The van der Waals surface area contributed by atoms with E-state index in [1.807, 2.05) is 68.4 Å². The van der Waals surface area contributed by atoms with E-state index in [2.05, 4.69) is 23.3 Å². The molecule has 158 valence electrons. The second-order valence-electron chi connectivity index (χ2n) is 7.85. The Kier molecular flexibility index (Phi) is 6.26. The summed E-state index contributed by atoms with van der Waals surface area (Å²) in [6, 6.07) is 23.5. The van der Waals surface area contributed by atoms with Crippen molar-refractivity contribution in [3.8, 4) is 11.3 Å². The Morgan fingerprint density at radius 3 is 2.45 bits per heavy atom. The molecule has 0 aliphatic heterocycles. The summed E-state index contributed by atoms with van der Waals surface area (Å²) >= 11 is 0. The van der Waals surface area contributed by atoms with E-state index in [9.17, 15) is 9.90 Å². The molecule has 0 aliphatic rings. The van der Waals surface area contributed by atoms with Gasteiger partial charge in [0.05, 0.1) is 36.9 Å². The third-order valence-electron chi connectivity index (χ3n) is 5.32. The van der Waals surface area contributed by atoms with E-state index < -0.39 is 6.10 Å². The summed E-state index contributed by atoms with van der Waals surface area (Å²) in [5, 5.41) is 16.6. The van der Waals surface area contributed by atoms with Crippen LogP contribution in [-0.2, 0) is 17.9 Å². The van der Waals surface area contributed by atoms with Crippen LogP contribution in [0.3, 0.4) is 0 Å². The maximum Gasteiger partial charge on any atom is 0.274 e. The highest BCUT2D eigenvalue weighted by Gasteiger charge is 2.16. The van der Waals surface area contributed by atoms with Gasteiger partial charge >= 0.3 is 0 Å². The van der Waals surface area contributed by atoms with Crippen molar-refractivity contribution in [1.82, 2.24) is 9.78 Å². The monoisotopic (exact) mass is 414 g/mol. The van der Waals surface area contributed by atoms with Gasteiger partial charge in [0.15, 0.2) is 0 Å². The van der Waals surface area contributed by atoms with Crippen LogP contribution in [0.4, 0.5) is 0 Å². The first-order chi connectivity index (χ1) is 15.0. The van der Waals surface area contributed by atoms with Crippen LogP contribution >= 0.6 is 0 Å². The molecule has 0 radical (unpaired) electrons. The second-order valence-corrected chi connectivity index (χ2v) is 7.85. The number of hydrogen-bond acceptors (Lipinski definition) is 4. The maximum atomic E-state index is 13.0. The Hall–Kier alpha value is -3.28. The van der Waals surface area contributed by atoms with Gasteiger partial charge < -0.3 is 9.84 Å². The largest absolute Gasteiger partial charge is 0.389 e. The van der Waals surface area contributed by atoms with Crippen molar-refractivity contribution in [2.75, 3.05) is 6.61 Å². The highest BCUT2D eigenvalue weighted by molar-refractivity contribution is 5.94. The molecule has 0 bridgehead atoms. The number of aryl methyl sites for hydroxylation is 2. The van der Waals surface area contributed by atoms with Crippen LogP contribution in [0.2, 0.25) is 0 Å². The smallest absolute Gasteiger partial charge is 0.274 e. The molecular weight excluding hydrogens is 388 g/mol. The van der Waals surface area contributed by atoms with E-state index in [1.165, 1.54) is 4.68 Å². The minimum atomic E-state index is -0.846. The van der Waals surface area contributed by atoms with Gasteiger partial charge in [-0.05, 0) is 37.1 Å². The number of aliphatic hydroxyl groups is 1. The zero-order valence-corrected chi connectivity index (χ0v) is 17.8. The zero-order valence-electron chi connectivity index (χ0n) is 17.8. The SMILES string of the molecule is Cc1ccc(C)c(-c2nn(C[C@H](O)COCc3ccccc3)c(=O)c3ccccc23)c1. The molecule has 0 saturated carbocycles. The van der Waals surface area contributed by atoms with E-state index in [-0.39, 0.29) is 18.7 Å². The third kappa shape index (κ3) is 4.74. The molecule has 1 aromatic heterocycles. The average Bonchev–Trinajstić information content (AvgIpc) is 2.78. The van der Waals surface area contributed by atoms with Gasteiger partial charge in [0, 0.05) is 10.9 Å². The lowest BCUT2D eigenvalue weighted by molar-refractivity contribution is 0.0181. The fraction of sp³-hybridized carbons (Fsp3) is 0.231. The van der Waals surface area contributed by atoms with Crippen LogP contribution in [-0.4, -0.2) is 27.6 Å². The van der Waals surface area contributed by atoms with Crippen LogP contribution in [0.15, 0.2) is 77.6 Å². The lowest BCUT2D eigenvalue weighted by Crippen LogP contribution is -2.31. The van der Waals surface area contributed by atoms with Crippen molar-refractivity contribution in [1.29, 1.82) is 0 Å². The molecule has 0 fully saturated rings. The molecule has 0 aliphatic carbocycles. The van der Waals surface area contributed by atoms with E-state index in [0.29, 0.717) is 12.0 Å². The third-order valence-corrected chi connectivity index (χ3v) is 5.32. The zero-order chi connectivity index (χ0) is 21.8. The number of nitrogens with zero attached hydrogens (tertiary/aromatic N) is 2. The van der Waals surface area contributed by atoms with Crippen molar-refractivity contribution < 1.29 is 9.84 Å². The van der Waals surface area contributed by atoms with Gasteiger partial charge in [0.2, 0.25) is 0 Å². The molecule has 0 amide bonds. The maximum absolute atomic E-state index is 13.0. The van der Waals surface area contributed by atoms with Crippen molar-refractivity contribution in [2.24, 2.45) is 0 Å². The quantitative estimate of drug-likeness (QED) is 0.491. The van der Waals surface area contributed by atoms with Crippen molar-refractivity contribution >= 4 is 10.8 Å². The second kappa shape index (κ2) is 9.25. The molecular formula is C26H26N2O3. The normalized spacial score (nSPS) is 12.2. The molecule has 3 aromatic carbocycles. The van der Waals surface area contributed by atoms with Gasteiger partial charge in [-0.3, -0.25) is 4.79 Å². The molecule has 0 saturated heterocycles. The first kappa shape index (κ1) is 21.0. The predicted octanol–water partition coefficient (Wildman–Crippen LogP) is 4.26. The van der Waals surface area contributed by atoms with Gasteiger partial charge in [0.1, 0.15) is 0 Å². The molecule has 0 unspecified atom stereocenters. The fourth-order valence-electron chi connectivity index (χ4n) is 3.69. The molecule has 5 nitrogen and oxygen atoms in total. The fourth-order valence-corrected chi connectivity index (χ4v) is 3.69. The molecule has 31 heavy (non-hydrogen) atoms. The topological polar surface area (TPSA) is 64.3 Å².